The molecule has 1 aliphatic rings. The van der Waals surface area contributed by atoms with Crippen molar-refractivity contribution in [3.63, 3.8) is 0 Å². The fourth-order valence-corrected chi connectivity index (χ4v) is 2.79. The summed E-state index contributed by atoms with van der Waals surface area (Å²) >= 11 is 0. The van der Waals surface area contributed by atoms with Gasteiger partial charge in [-0.05, 0) is 18.9 Å². The predicted octanol–water partition coefficient (Wildman–Crippen LogP) is 2.61. The number of nitrogens with one attached hydrogen (secondary N) is 1. The molecule has 0 saturated heterocycles. The zero-order valence-electron chi connectivity index (χ0n) is 10.3. The normalized spacial score (nSPS) is 17.0. The fourth-order valence-electron chi connectivity index (χ4n) is 2.79. The molecule has 0 spiro atoms. The molecule has 0 atom stereocenters. The first-order valence-corrected chi connectivity index (χ1v) is 6.48. The summed E-state index contributed by atoms with van der Waals surface area (Å²) in [7, 11) is 2.02. The SMILES string of the molecule is Cn1nc(CNC2CCCC2)c2ccccc21. The van der Waals surface area contributed by atoms with Crippen LogP contribution in [-0.4, -0.2) is 15.8 Å². The van der Waals surface area contributed by atoms with Crippen LogP contribution in [0, 0.1) is 0 Å². The van der Waals surface area contributed by atoms with Gasteiger partial charge in [0.25, 0.3) is 0 Å². The summed E-state index contributed by atoms with van der Waals surface area (Å²) < 4.78 is 1.97. The molecule has 2 aromatic rings. The number of rotatable bonds is 3. The van der Waals surface area contributed by atoms with Gasteiger partial charge in [-0.3, -0.25) is 4.68 Å². The van der Waals surface area contributed by atoms with Crippen molar-refractivity contribution in [2.75, 3.05) is 0 Å². The zero-order valence-corrected chi connectivity index (χ0v) is 10.3. The molecule has 1 aromatic heterocycles. The predicted molar refractivity (Wildman–Crippen MR) is 69.8 cm³/mol. The van der Waals surface area contributed by atoms with Crippen LogP contribution in [0.2, 0.25) is 0 Å². The molecule has 1 heterocycles. The number of aromatic nitrogens is 2. The van der Waals surface area contributed by atoms with Crippen molar-refractivity contribution in [2.45, 2.75) is 38.3 Å². The Balaban J connectivity index is 1.80. The topological polar surface area (TPSA) is 29.9 Å². The van der Waals surface area contributed by atoms with Crippen molar-refractivity contribution >= 4 is 10.9 Å². The van der Waals surface area contributed by atoms with Gasteiger partial charge < -0.3 is 5.32 Å². The second kappa shape index (κ2) is 4.49. The Hall–Kier alpha value is -1.35. The number of para-hydroxylation sites is 1. The van der Waals surface area contributed by atoms with E-state index in [0.29, 0.717) is 6.04 Å². The summed E-state index contributed by atoms with van der Waals surface area (Å²) in [4.78, 5) is 0. The standard InChI is InChI=1S/C14H19N3/c1-17-14-9-5-4-8-12(14)13(16-17)10-15-11-6-2-3-7-11/h4-5,8-9,11,15H,2-3,6-7,10H2,1H3. The van der Waals surface area contributed by atoms with Gasteiger partial charge in [0.15, 0.2) is 0 Å². The lowest BCUT2D eigenvalue weighted by molar-refractivity contribution is 0.517. The lowest BCUT2D eigenvalue weighted by atomic mass is 10.2. The summed E-state index contributed by atoms with van der Waals surface area (Å²) in [5, 5.41) is 9.51. The monoisotopic (exact) mass is 229 g/mol. The van der Waals surface area contributed by atoms with Crippen molar-refractivity contribution in [3.05, 3.63) is 30.0 Å². The Bertz CT molecular complexity index is 509. The van der Waals surface area contributed by atoms with Crippen molar-refractivity contribution in [3.8, 4) is 0 Å². The third-order valence-corrected chi connectivity index (χ3v) is 3.75. The average molecular weight is 229 g/mol. The third-order valence-electron chi connectivity index (χ3n) is 3.75. The number of hydrogen-bond donors (Lipinski definition) is 1. The van der Waals surface area contributed by atoms with Crippen molar-refractivity contribution in [1.82, 2.24) is 15.1 Å². The molecule has 90 valence electrons. The molecule has 0 bridgehead atoms. The van der Waals surface area contributed by atoms with Crippen LogP contribution in [0.25, 0.3) is 10.9 Å². The van der Waals surface area contributed by atoms with Gasteiger partial charge in [0.2, 0.25) is 0 Å². The molecule has 1 fully saturated rings. The van der Waals surface area contributed by atoms with Crippen LogP contribution in [0.3, 0.4) is 0 Å². The maximum Gasteiger partial charge on any atom is 0.0841 e. The number of aryl methyl sites for hydroxylation is 1. The molecule has 0 aliphatic heterocycles. The van der Waals surface area contributed by atoms with Crippen LogP contribution in [0.5, 0.6) is 0 Å². The Labute approximate surface area is 102 Å². The number of hydrogen-bond acceptors (Lipinski definition) is 2. The first-order valence-electron chi connectivity index (χ1n) is 6.48. The first-order chi connectivity index (χ1) is 8.34. The molecular weight excluding hydrogens is 210 g/mol. The summed E-state index contributed by atoms with van der Waals surface area (Å²) in [6, 6.07) is 9.15. The molecule has 3 heteroatoms. The van der Waals surface area contributed by atoms with Crippen LogP contribution in [-0.2, 0) is 13.6 Å². The highest BCUT2D eigenvalue weighted by Gasteiger charge is 2.15. The second-order valence-electron chi connectivity index (χ2n) is 4.95. The largest absolute Gasteiger partial charge is 0.308 e. The van der Waals surface area contributed by atoms with E-state index in [9.17, 15) is 0 Å². The van der Waals surface area contributed by atoms with Crippen LogP contribution >= 0.6 is 0 Å². The molecule has 1 N–H and O–H groups in total. The molecule has 1 aromatic carbocycles. The third kappa shape index (κ3) is 2.07. The van der Waals surface area contributed by atoms with Gasteiger partial charge in [-0.15, -0.1) is 0 Å². The van der Waals surface area contributed by atoms with E-state index in [-0.39, 0.29) is 0 Å². The minimum absolute atomic E-state index is 0.704. The van der Waals surface area contributed by atoms with Crippen LogP contribution in [0.15, 0.2) is 24.3 Å². The van der Waals surface area contributed by atoms with Gasteiger partial charge in [-0.25, -0.2) is 0 Å². The number of benzene rings is 1. The molecule has 0 radical (unpaired) electrons. The van der Waals surface area contributed by atoms with Crippen LogP contribution in [0.4, 0.5) is 0 Å². The maximum absolute atomic E-state index is 4.60. The van der Waals surface area contributed by atoms with Crippen molar-refractivity contribution in [1.29, 1.82) is 0 Å². The van der Waals surface area contributed by atoms with Gasteiger partial charge in [0.05, 0.1) is 11.2 Å². The van der Waals surface area contributed by atoms with Crippen molar-refractivity contribution in [2.24, 2.45) is 7.05 Å². The highest BCUT2D eigenvalue weighted by atomic mass is 15.3. The molecule has 3 nitrogen and oxygen atoms in total. The zero-order chi connectivity index (χ0) is 11.7. The molecule has 1 aliphatic carbocycles. The van der Waals surface area contributed by atoms with E-state index < -0.39 is 0 Å². The Morgan fingerprint density at radius 3 is 2.88 bits per heavy atom. The minimum Gasteiger partial charge on any atom is -0.308 e. The van der Waals surface area contributed by atoms with Crippen LogP contribution < -0.4 is 5.32 Å². The number of nitrogens with zero attached hydrogens (tertiary/aromatic N) is 2. The minimum atomic E-state index is 0.704. The molecule has 0 unspecified atom stereocenters. The summed E-state index contributed by atoms with van der Waals surface area (Å²) in [5.41, 5.74) is 2.39. The lowest BCUT2D eigenvalue weighted by Crippen LogP contribution is -2.25. The molecule has 3 rings (SSSR count). The highest BCUT2D eigenvalue weighted by molar-refractivity contribution is 5.81. The lowest BCUT2D eigenvalue weighted by Gasteiger charge is -2.09. The van der Waals surface area contributed by atoms with Gasteiger partial charge >= 0.3 is 0 Å². The van der Waals surface area contributed by atoms with Gasteiger partial charge in [-0.1, -0.05) is 31.0 Å². The van der Waals surface area contributed by atoms with E-state index in [0.717, 1.165) is 6.54 Å². The van der Waals surface area contributed by atoms with Crippen molar-refractivity contribution < 1.29 is 0 Å². The van der Waals surface area contributed by atoms with Gasteiger partial charge in [0.1, 0.15) is 0 Å². The van der Waals surface area contributed by atoms with E-state index in [1.807, 2.05) is 11.7 Å². The van der Waals surface area contributed by atoms with E-state index in [1.54, 1.807) is 0 Å². The van der Waals surface area contributed by atoms with E-state index in [4.69, 9.17) is 0 Å². The summed E-state index contributed by atoms with van der Waals surface area (Å²) in [6.07, 6.45) is 5.40. The quantitative estimate of drug-likeness (QED) is 0.876. The van der Waals surface area contributed by atoms with Gasteiger partial charge in [0, 0.05) is 25.0 Å². The summed E-state index contributed by atoms with van der Waals surface area (Å²) in [5.74, 6) is 0. The van der Waals surface area contributed by atoms with E-state index in [2.05, 4.69) is 34.7 Å². The average Bonchev–Trinajstić information content (AvgIpc) is 2.96. The highest BCUT2D eigenvalue weighted by Crippen LogP contribution is 2.20. The van der Waals surface area contributed by atoms with E-state index >= 15 is 0 Å². The molecule has 1 saturated carbocycles. The Morgan fingerprint density at radius 1 is 1.29 bits per heavy atom. The smallest absolute Gasteiger partial charge is 0.0841 e. The Kier molecular flexibility index (Phi) is 2.85. The maximum atomic E-state index is 4.60. The Morgan fingerprint density at radius 2 is 2.06 bits per heavy atom. The second-order valence-corrected chi connectivity index (χ2v) is 4.95. The van der Waals surface area contributed by atoms with E-state index in [1.165, 1.54) is 42.3 Å². The molecule has 0 amide bonds. The van der Waals surface area contributed by atoms with Gasteiger partial charge in [-0.2, -0.15) is 5.10 Å². The molecule has 17 heavy (non-hydrogen) atoms. The number of fused-ring (bicyclic) bond motifs is 1. The fraction of sp³-hybridized carbons (Fsp3) is 0.500. The van der Waals surface area contributed by atoms with Crippen LogP contribution in [0.1, 0.15) is 31.4 Å². The molecular formula is C14H19N3. The first kappa shape index (κ1) is 10.8. The summed E-state index contributed by atoms with van der Waals surface area (Å²) in [6.45, 7) is 0.895.